The van der Waals surface area contributed by atoms with Crippen molar-refractivity contribution >= 4 is 11.7 Å². The lowest BCUT2D eigenvalue weighted by molar-refractivity contribution is 0.0943. The number of rotatable bonds is 6. The number of hydrogen-bond donors (Lipinski definition) is 1. The van der Waals surface area contributed by atoms with Gasteiger partial charge in [0.15, 0.2) is 0 Å². The van der Waals surface area contributed by atoms with E-state index in [0.717, 1.165) is 25.3 Å². The maximum atomic E-state index is 12.1. The fourth-order valence-electron chi connectivity index (χ4n) is 2.29. The number of aromatic nitrogens is 2. The van der Waals surface area contributed by atoms with Gasteiger partial charge in [-0.2, -0.15) is 0 Å². The van der Waals surface area contributed by atoms with Crippen LogP contribution in [0.15, 0.2) is 6.07 Å². The topological polar surface area (TPSA) is 67.3 Å². The summed E-state index contributed by atoms with van der Waals surface area (Å²) in [5.41, 5.74) is 0.441. The van der Waals surface area contributed by atoms with Crippen LogP contribution in [0, 0.1) is 6.92 Å². The van der Waals surface area contributed by atoms with E-state index < -0.39 is 0 Å². The summed E-state index contributed by atoms with van der Waals surface area (Å²) in [4.78, 5) is 22.9. The van der Waals surface area contributed by atoms with E-state index >= 15 is 0 Å². The molecule has 1 aromatic heterocycles. The van der Waals surface area contributed by atoms with Gasteiger partial charge in [-0.15, -0.1) is 0 Å². The zero-order valence-corrected chi connectivity index (χ0v) is 12.2. The third-order valence-electron chi connectivity index (χ3n) is 3.30. The quantitative estimate of drug-likeness (QED) is 0.791. The second-order valence-corrected chi connectivity index (χ2v) is 4.96. The number of nitrogens with one attached hydrogen (secondary N) is 1. The number of hydrogen-bond acceptors (Lipinski definition) is 5. The second kappa shape index (κ2) is 7.19. The Kier molecular flexibility index (Phi) is 5.29. The van der Waals surface area contributed by atoms with Gasteiger partial charge in [-0.05, 0) is 26.2 Å². The predicted molar refractivity (Wildman–Crippen MR) is 77.0 cm³/mol. The van der Waals surface area contributed by atoms with Crippen molar-refractivity contribution in [2.75, 3.05) is 38.3 Å². The van der Waals surface area contributed by atoms with Crippen molar-refractivity contribution in [3.63, 3.8) is 0 Å². The highest BCUT2D eigenvalue weighted by Gasteiger charge is 2.17. The molecule has 2 rings (SSSR count). The van der Waals surface area contributed by atoms with Crippen LogP contribution in [0.1, 0.15) is 35.6 Å². The van der Waals surface area contributed by atoms with Crippen LogP contribution in [0.3, 0.4) is 0 Å². The Morgan fingerprint density at radius 3 is 2.85 bits per heavy atom. The smallest absolute Gasteiger partial charge is 0.270 e. The average molecular weight is 278 g/mol. The van der Waals surface area contributed by atoms with Gasteiger partial charge in [0.05, 0.1) is 0 Å². The van der Waals surface area contributed by atoms with Gasteiger partial charge in [0.2, 0.25) is 0 Å². The van der Waals surface area contributed by atoms with Crippen LogP contribution < -0.4 is 10.2 Å². The summed E-state index contributed by atoms with van der Waals surface area (Å²) in [5, 5.41) is 2.85. The molecule has 20 heavy (non-hydrogen) atoms. The fourth-order valence-corrected chi connectivity index (χ4v) is 2.29. The lowest BCUT2D eigenvalue weighted by Gasteiger charge is -2.17. The molecule has 1 aliphatic rings. The predicted octanol–water partition coefficient (Wildman–Crippen LogP) is 1.15. The number of aryl methyl sites for hydroxylation is 1. The number of amides is 1. The van der Waals surface area contributed by atoms with Crippen LogP contribution in [-0.2, 0) is 4.74 Å². The number of ether oxygens (including phenoxy) is 1. The maximum Gasteiger partial charge on any atom is 0.270 e. The molecule has 1 aromatic rings. The van der Waals surface area contributed by atoms with Gasteiger partial charge < -0.3 is 15.0 Å². The van der Waals surface area contributed by atoms with Gasteiger partial charge >= 0.3 is 0 Å². The molecule has 1 fully saturated rings. The van der Waals surface area contributed by atoms with Gasteiger partial charge in [0.25, 0.3) is 5.91 Å². The minimum absolute atomic E-state index is 0.146. The zero-order valence-electron chi connectivity index (χ0n) is 12.2. The molecule has 110 valence electrons. The lowest BCUT2D eigenvalue weighted by atomic mass is 10.3. The highest BCUT2D eigenvalue weighted by Crippen LogP contribution is 2.18. The van der Waals surface area contributed by atoms with Crippen LogP contribution in [0.4, 0.5) is 5.82 Å². The van der Waals surface area contributed by atoms with Gasteiger partial charge in [0, 0.05) is 39.4 Å². The Hall–Kier alpha value is -1.69. The number of carbonyl (C=O) groups is 1. The summed E-state index contributed by atoms with van der Waals surface area (Å²) in [6, 6.07) is 1.78. The highest BCUT2D eigenvalue weighted by atomic mass is 16.5. The van der Waals surface area contributed by atoms with Crippen molar-refractivity contribution in [3.8, 4) is 0 Å². The number of methoxy groups -OCH3 is 1. The van der Waals surface area contributed by atoms with Crippen molar-refractivity contribution in [2.24, 2.45) is 0 Å². The van der Waals surface area contributed by atoms with E-state index in [1.165, 1.54) is 12.8 Å². The molecule has 0 aromatic carbocycles. The average Bonchev–Trinajstić information content (AvgIpc) is 2.97. The zero-order chi connectivity index (χ0) is 14.4. The Bertz CT molecular complexity index is 458. The Morgan fingerprint density at radius 1 is 1.40 bits per heavy atom. The van der Waals surface area contributed by atoms with Gasteiger partial charge in [-0.1, -0.05) is 0 Å². The van der Waals surface area contributed by atoms with Crippen molar-refractivity contribution in [1.29, 1.82) is 0 Å². The fraction of sp³-hybridized carbons (Fsp3) is 0.643. The number of anilines is 1. The molecule has 0 radical (unpaired) electrons. The van der Waals surface area contributed by atoms with E-state index in [0.29, 0.717) is 24.7 Å². The molecule has 1 amide bonds. The molecular weight excluding hydrogens is 256 g/mol. The Balaban J connectivity index is 2.01. The third kappa shape index (κ3) is 3.90. The molecule has 1 saturated heterocycles. The molecule has 0 aliphatic carbocycles. The van der Waals surface area contributed by atoms with Crippen LogP contribution in [0.2, 0.25) is 0 Å². The standard InChI is InChI=1S/C14H22N4O2/c1-11-16-12(14(19)15-6-5-9-20-2)10-13(17-11)18-7-3-4-8-18/h10H,3-9H2,1-2H3,(H,15,19). The Morgan fingerprint density at radius 2 is 2.15 bits per heavy atom. The summed E-state index contributed by atoms with van der Waals surface area (Å²) in [6.07, 6.45) is 3.16. The molecule has 6 heteroatoms. The first-order chi connectivity index (χ1) is 9.70. The van der Waals surface area contributed by atoms with Crippen molar-refractivity contribution in [1.82, 2.24) is 15.3 Å². The normalized spacial score (nSPS) is 14.6. The monoisotopic (exact) mass is 278 g/mol. The van der Waals surface area contributed by atoms with Crippen molar-refractivity contribution in [3.05, 3.63) is 17.6 Å². The molecule has 1 N–H and O–H groups in total. The molecule has 0 atom stereocenters. The van der Waals surface area contributed by atoms with E-state index in [2.05, 4.69) is 20.2 Å². The minimum Gasteiger partial charge on any atom is -0.385 e. The molecule has 0 bridgehead atoms. The van der Waals surface area contributed by atoms with Crippen LogP contribution in [-0.4, -0.2) is 49.2 Å². The van der Waals surface area contributed by atoms with E-state index in [9.17, 15) is 4.79 Å². The molecular formula is C14H22N4O2. The highest BCUT2D eigenvalue weighted by molar-refractivity contribution is 5.92. The molecule has 1 aliphatic heterocycles. The minimum atomic E-state index is -0.146. The first kappa shape index (κ1) is 14.7. The molecule has 0 saturated carbocycles. The van der Waals surface area contributed by atoms with Crippen LogP contribution in [0.5, 0.6) is 0 Å². The molecule has 0 unspecified atom stereocenters. The number of nitrogens with zero attached hydrogens (tertiary/aromatic N) is 3. The summed E-state index contributed by atoms with van der Waals surface area (Å²) >= 11 is 0. The first-order valence-corrected chi connectivity index (χ1v) is 7.08. The number of carbonyl (C=O) groups excluding carboxylic acids is 1. The van der Waals surface area contributed by atoms with Crippen molar-refractivity contribution < 1.29 is 9.53 Å². The van der Waals surface area contributed by atoms with E-state index in [1.807, 2.05) is 6.92 Å². The maximum absolute atomic E-state index is 12.1. The van der Waals surface area contributed by atoms with Crippen LogP contribution >= 0.6 is 0 Å². The first-order valence-electron chi connectivity index (χ1n) is 7.08. The van der Waals surface area contributed by atoms with E-state index in [1.54, 1.807) is 13.2 Å². The largest absolute Gasteiger partial charge is 0.385 e. The molecule has 0 spiro atoms. The summed E-state index contributed by atoms with van der Waals surface area (Å²) < 4.78 is 4.95. The Labute approximate surface area is 119 Å². The molecule has 6 nitrogen and oxygen atoms in total. The second-order valence-electron chi connectivity index (χ2n) is 4.96. The third-order valence-corrected chi connectivity index (χ3v) is 3.30. The summed E-state index contributed by atoms with van der Waals surface area (Å²) in [6.45, 7) is 5.06. The lowest BCUT2D eigenvalue weighted by Crippen LogP contribution is -2.27. The van der Waals surface area contributed by atoms with Crippen LogP contribution in [0.25, 0.3) is 0 Å². The summed E-state index contributed by atoms with van der Waals surface area (Å²) in [5.74, 6) is 1.35. The van der Waals surface area contributed by atoms with Gasteiger partial charge in [0.1, 0.15) is 17.3 Å². The van der Waals surface area contributed by atoms with Gasteiger partial charge in [-0.3, -0.25) is 4.79 Å². The summed E-state index contributed by atoms with van der Waals surface area (Å²) in [7, 11) is 1.65. The SMILES string of the molecule is COCCCNC(=O)c1cc(N2CCCC2)nc(C)n1. The van der Waals surface area contributed by atoms with E-state index in [4.69, 9.17) is 4.74 Å². The van der Waals surface area contributed by atoms with E-state index in [-0.39, 0.29) is 5.91 Å². The van der Waals surface area contributed by atoms with Crippen molar-refractivity contribution in [2.45, 2.75) is 26.2 Å². The molecule has 2 heterocycles. The van der Waals surface area contributed by atoms with Gasteiger partial charge in [-0.25, -0.2) is 9.97 Å².